The van der Waals surface area contributed by atoms with Crippen molar-refractivity contribution < 1.29 is 135 Å². The molecule has 0 aliphatic carbocycles. The van der Waals surface area contributed by atoms with Crippen molar-refractivity contribution in [3.8, 4) is 0 Å². The molecule has 0 aromatic rings. The number of nitrogens with one attached hydrogen (secondary N) is 5. The monoisotopic (exact) mass is 1680 g/mol. The molecule has 680 valence electrons. The summed E-state index contributed by atoms with van der Waals surface area (Å²) >= 11 is 0. The van der Waals surface area contributed by atoms with Crippen LogP contribution in [0.5, 0.6) is 0 Å². The second-order valence-electron chi connectivity index (χ2n) is 30.5. The Morgan fingerprint density at radius 1 is 0.308 bits per heavy atom. The molecule has 0 radical (unpaired) electrons. The van der Waals surface area contributed by atoms with E-state index in [9.17, 15) is 82.1 Å². The summed E-state index contributed by atoms with van der Waals surface area (Å²) in [4.78, 5) is 183. The Hall–Kier alpha value is -7.11. The first-order valence-electron chi connectivity index (χ1n) is 42.9. The van der Waals surface area contributed by atoms with E-state index in [0.717, 1.165) is 103 Å². The standard InChI is InChI=1S/C84H146N6O27.3H2/c1-65(91)66(30-24-26-42-86-77(99)62-115-55-51-111-47-29-34-71(94)61-114-54-52-112-48-44-88-75(97)41-38-68(82(106)107)58-70(93)32-20-16-12-8-4-6-10-14-18-22-36-80(102)103)59-73(95)67(60-74(96)84(2,3)85)31-25-27-43-87-78(100)63-117-57-53-113-49-45-89-79(101)64-116-56-50-110-46-28-33-69(92)39-40-72(83(108)109)90-76(98)35-21-17-13-9-5-7-11-15-19-23-37-81(104)105;;;/h66-68,72H,4-64,85H2,1-3H3,(H,86,99)(H,87,100)(H,88,97)(H,89,101)(H,90,98)(H,102,103)(H,104,105)(H,106,107)(H,108,109);3*1H/t66-,67-,68-,72+;;;/m1.../s1. The molecule has 0 spiro atoms. The van der Waals surface area contributed by atoms with Crippen molar-refractivity contribution in [2.24, 2.45) is 23.5 Å². The molecule has 0 aromatic carbocycles. The largest absolute Gasteiger partial charge is 0.481 e. The summed E-state index contributed by atoms with van der Waals surface area (Å²) in [5.41, 5.74) is 4.92. The molecule has 0 saturated carbocycles. The number of Topliss-reactive ketones (excluding diaryl/α,β-unsaturated/α-hetero) is 6. The number of ketones is 6. The van der Waals surface area contributed by atoms with Crippen LogP contribution in [0.15, 0.2) is 0 Å². The van der Waals surface area contributed by atoms with Crippen LogP contribution in [0, 0.1) is 17.8 Å². The minimum absolute atomic E-state index is 0. The fourth-order valence-corrected chi connectivity index (χ4v) is 12.3. The van der Waals surface area contributed by atoms with Crippen LogP contribution in [0.25, 0.3) is 0 Å². The molecule has 33 nitrogen and oxygen atoms in total. The van der Waals surface area contributed by atoms with Crippen molar-refractivity contribution >= 4 is 88.1 Å². The van der Waals surface area contributed by atoms with Gasteiger partial charge in [0, 0.05) is 126 Å². The fourth-order valence-electron chi connectivity index (χ4n) is 12.3. The number of hydrogen-bond donors (Lipinski definition) is 10. The Kier molecular flexibility index (Phi) is 70.6. The lowest BCUT2D eigenvalue weighted by Crippen LogP contribution is -2.43. The number of aliphatic carboxylic acids is 4. The van der Waals surface area contributed by atoms with Gasteiger partial charge in [0.25, 0.3) is 0 Å². The zero-order valence-electron chi connectivity index (χ0n) is 70.7. The summed E-state index contributed by atoms with van der Waals surface area (Å²) in [7, 11) is 0. The molecule has 117 heavy (non-hydrogen) atoms. The predicted octanol–water partition coefficient (Wildman–Crippen LogP) is 9.16. The van der Waals surface area contributed by atoms with Crippen molar-refractivity contribution in [1.82, 2.24) is 26.6 Å². The van der Waals surface area contributed by atoms with Gasteiger partial charge in [0.05, 0.1) is 77.5 Å². The first kappa shape index (κ1) is 110. The zero-order valence-corrected chi connectivity index (χ0v) is 70.7. The van der Waals surface area contributed by atoms with Gasteiger partial charge in [-0.15, -0.1) is 0 Å². The molecule has 0 heterocycles. The van der Waals surface area contributed by atoms with Crippen LogP contribution in [-0.4, -0.2) is 252 Å². The van der Waals surface area contributed by atoms with Crippen LogP contribution in [0.1, 0.15) is 288 Å². The molecule has 0 unspecified atom stereocenters. The van der Waals surface area contributed by atoms with Gasteiger partial charge in [-0.05, 0) is 97.8 Å². The van der Waals surface area contributed by atoms with Crippen molar-refractivity contribution in [3.63, 3.8) is 0 Å². The quantitative estimate of drug-likeness (QED) is 0.0254. The number of hydrogen-bond acceptors (Lipinski definition) is 24. The van der Waals surface area contributed by atoms with Crippen LogP contribution < -0.4 is 32.3 Å². The fraction of sp³-hybridized carbons (Fsp3) is 0.821. The maximum atomic E-state index is 13.7. The third kappa shape index (κ3) is 72.6. The lowest BCUT2D eigenvalue weighted by molar-refractivity contribution is -0.144. The Balaban J connectivity index is -0.0000224. The normalized spacial score (nSPS) is 12.4. The molecule has 0 aliphatic rings. The Labute approximate surface area is 697 Å². The minimum atomic E-state index is -1.19. The van der Waals surface area contributed by atoms with E-state index in [1.807, 2.05) is 0 Å². The molecule has 4 atom stereocenters. The SMILES string of the molecule is CC(=O)[C@H](CCCCNC(=O)COCCOCCCC(=O)COCCOCCNC(=O)CC[C@H](CC(=O)CCCCCCCCCCCCC(=O)O)C(=O)O)CC(=O)[C@H](CCCCNC(=O)COCCOCCNC(=O)COCCOCCCC(=O)CC[C@H](NC(=O)CCCCCCCCCCCCC(=O)O)C(=O)O)CC(=O)C(C)(C)N.[HH].[HH].[HH]. The first-order chi connectivity index (χ1) is 56.1. The minimum Gasteiger partial charge on any atom is -0.481 e. The van der Waals surface area contributed by atoms with Gasteiger partial charge in [-0.3, -0.25) is 67.1 Å². The van der Waals surface area contributed by atoms with Crippen LogP contribution in [0.2, 0.25) is 0 Å². The number of nitrogens with two attached hydrogens (primary N) is 1. The second-order valence-corrected chi connectivity index (χ2v) is 30.5. The highest BCUT2D eigenvalue weighted by Gasteiger charge is 2.31. The van der Waals surface area contributed by atoms with Gasteiger partial charge in [-0.1, -0.05) is 116 Å². The van der Waals surface area contributed by atoms with Crippen LogP contribution >= 0.6 is 0 Å². The lowest BCUT2D eigenvalue weighted by Gasteiger charge is -2.23. The first-order valence-corrected chi connectivity index (χ1v) is 42.9. The molecule has 0 aliphatic heterocycles. The van der Waals surface area contributed by atoms with E-state index < -0.39 is 53.2 Å². The predicted molar refractivity (Wildman–Crippen MR) is 441 cm³/mol. The van der Waals surface area contributed by atoms with Gasteiger partial charge in [-0.2, -0.15) is 0 Å². The van der Waals surface area contributed by atoms with Gasteiger partial charge in [0.15, 0.2) is 11.6 Å². The molecule has 0 bridgehead atoms. The number of carboxylic acids is 4. The van der Waals surface area contributed by atoms with E-state index in [1.54, 1.807) is 13.8 Å². The third-order valence-corrected chi connectivity index (χ3v) is 19.3. The zero-order chi connectivity index (χ0) is 86.8. The molecule has 0 fully saturated rings. The number of carboxylic acid groups (broad SMARTS) is 4. The highest BCUT2D eigenvalue weighted by atomic mass is 16.5. The highest BCUT2D eigenvalue weighted by Crippen LogP contribution is 2.25. The molecule has 0 rings (SSSR count). The molecular formula is C84H152N6O27. The van der Waals surface area contributed by atoms with E-state index in [1.165, 1.54) is 6.92 Å². The maximum Gasteiger partial charge on any atom is 0.326 e. The lowest BCUT2D eigenvalue weighted by atomic mass is 9.82. The summed E-state index contributed by atoms with van der Waals surface area (Å²) in [6.45, 7) is 7.13. The average Bonchev–Trinajstić information content (AvgIpc) is 0.866. The summed E-state index contributed by atoms with van der Waals surface area (Å²) in [5, 5.41) is 50.0. The summed E-state index contributed by atoms with van der Waals surface area (Å²) in [6.07, 6.45) is 24.0. The second kappa shape index (κ2) is 75.1. The average molecular weight is 1680 g/mol. The van der Waals surface area contributed by atoms with Gasteiger partial charge in [0.2, 0.25) is 29.5 Å². The van der Waals surface area contributed by atoms with Gasteiger partial charge in [0.1, 0.15) is 55.6 Å². The smallest absolute Gasteiger partial charge is 0.326 e. The Bertz CT molecular complexity index is 2810. The van der Waals surface area contributed by atoms with Crippen molar-refractivity contribution in [2.45, 2.75) is 296 Å². The van der Waals surface area contributed by atoms with Crippen molar-refractivity contribution in [1.29, 1.82) is 0 Å². The molecule has 0 aromatic heterocycles. The highest BCUT2D eigenvalue weighted by molar-refractivity contribution is 5.94. The van der Waals surface area contributed by atoms with Crippen LogP contribution in [0.4, 0.5) is 0 Å². The molecule has 0 saturated heterocycles. The topological polar surface area (TPSA) is 497 Å². The summed E-state index contributed by atoms with van der Waals surface area (Å²) in [6, 6.07) is -1.15. The third-order valence-electron chi connectivity index (χ3n) is 19.3. The molecular weight excluding hydrogens is 1520 g/mol. The number of carbonyl (C=O) groups excluding carboxylic acids is 11. The molecule has 33 heteroatoms. The van der Waals surface area contributed by atoms with Crippen LogP contribution in [-0.2, 0) is 110 Å². The van der Waals surface area contributed by atoms with Crippen molar-refractivity contribution in [2.75, 3.05) is 132 Å². The number of rotatable bonds is 88. The number of amides is 5. The van der Waals surface area contributed by atoms with E-state index in [2.05, 4.69) is 26.6 Å². The van der Waals surface area contributed by atoms with E-state index >= 15 is 0 Å². The number of ether oxygens (including phenoxy) is 8. The van der Waals surface area contributed by atoms with Gasteiger partial charge < -0.3 is 90.6 Å². The van der Waals surface area contributed by atoms with Crippen LogP contribution in [0.3, 0.4) is 0 Å². The Morgan fingerprint density at radius 3 is 1.11 bits per heavy atom. The van der Waals surface area contributed by atoms with E-state index in [4.69, 9.17) is 53.8 Å². The Morgan fingerprint density at radius 2 is 0.684 bits per heavy atom. The van der Waals surface area contributed by atoms with Gasteiger partial charge in [-0.25, -0.2) is 4.79 Å². The van der Waals surface area contributed by atoms with E-state index in [0.29, 0.717) is 103 Å². The number of carbonyl (C=O) groups is 15. The van der Waals surface area contributed by atoms with Crippen molar-refractivity contribution in [3.05, 3.63) is 0 Å². The summed E-state index contributed by atoms with van der Waals surface area (Å²) < 4.78 is 43.5. The summed E-state index contributed by atoms with van der Waals surface area (Å²) in [5.74, 6) is -8.79. The van der Waals surface area contributed by atoms with Gasteiger partial charge >= 0.3 is 23.9 Å². The number of unbranched alkanes of at least 4 members (excludes halogenated alkanes) is 20. The van der Waals surface area contributed by atoms with E-state index in [-0.39, 0.29) is 258 Å². The molecule has 11 N–H and O–H groups in total. The maximum absolute atomic E-state index is 13.7. The molecule has 5 amide bonds.